The molecule has 4 aliphatic rings. The number of hydrogen-bond donors (Lipinski definition) is 0. The molecule has 0 aromatic heterocycles. The van der Waals surface area contributed by atoms with E-state index in [0.717, 1.165) is 24.0 Å². The van der Waals surface area contributed by atoms with Gasteiger partial charge in [-0.2, -0.15) is 4.31 Å². The number of hydrogen-bond acceptors (Lipinski definition) is 4. The van der Waals surface area contributed by atoms with Gasteiger partial charge >= 0.3 is 0 Å². The largest absolute Gasteiger partial charge is 0.379 e. The topological polar surface area (TPSA) is 66.9 Å². The van der Waals surface area contributed by atoms with E-state index in [1.165, 1.54) is 23.6 Å². The summed E-state index contributed by atoms with van der Waals surface area (Å²) in [6, 6.07) is 5.41. The standard InChI is InChI=1S/C20H26N2O4S/c23-19(18-13-20(18)5-1-6-20)21-7-4-15-12-17(3-2-16(15)14-21)27(24,25)22-8-10-26-11-9-22/h2-3,12,18H,1,4-11,13-14H2/t18-/m0/s1. The average Bonchev–Trinajstić information content (AvgIpc) is 3.44. The van der Waals surface area contributed by atoms with Crippen molar-refractivity contribution < 1.29 is 17.9 Å². The van der Waals surface area contributed by atoms with Crippen LogP contribution in [-0.2, 0) is 32.5 Å². The van der Waals surface area contributed by atoms with Gasteiger partial charge in [-0.25, -0.2) is 8.42 Å². The SMILES string of the molecule is O=C([C@@H]1CC12CCC2)N1CCc2cc(S(=O)(=O)N3CCOCC3)ccc2C1. The number of benzene rings is 1. The third-order valence-electron chi connectivity index (χ3n) is 6.95. The predicted octanol–water partition coefficient (Wildman–Crippen LogP) is 1.78. The number of carbonyl (C=O) groups is 1. The normalized spacial score (nSPS) is 27.1. The predicted molar refractivity (Wildman–Crippen MR) is 99.5 cm³/mol. The highest BCUT2D eigenvalue weighted by Gasteiger charge is 2.61. The second kappa shape index (κ2) is 6.29. The van der Waals surface area contributed by atoms with Crippen molar-refractivity contribution in [2.75, 3.05) is 32.8 Å². The maximum atomic E-state index is 12.9. The molecular formula is C20H26N2O4S. The summed E-state index contributed by atoms with van der Waals surface area (Å²) in [7, 11) is -3.47. The zero-order valence-corrected chi connectivity index (χ0v) is 16.3. The molecule has 7 heteroatoms. The molecule has 2 aliphatic heterocycles. The van der Waals surface area contributed by atoms with Crippen LogP contribution in [0.3, 0.4) is 0 Å². The molecule has 2 saturated carbocycles. The van der Waals surface area contributed by atoms with E-state index in [2.05, 4.69) is 0 Å². The summed E-state index contributed by atoms with van der Waals surface area (Å²) in [4.78, 5) is 15.2. The van der Waals surface area contributed by atoms with Gasteiger partial charge in [0.25, 0.3) is 0 Å². The maximum Gasteiger partial charge on any atom is 0.243 e. The molecule has 1 spiro atoms. The fraction of sp³-hybridized carbons (Fsp3) is 0.650. The summed E-state index contributed by atoms with van der Waals surface area (Å²) in [5.41, 5.74) is 2.49. The number of amides is 1. The first kappa shape index (κ1) is 17.6. The minimum absolute atomic E-state index is 0.244. The molecule has 1 atom stereocenters. The van der Waals surface area contributed by atoms with E-state index in [4.69, 9.17) is 4.74 Å². The Labute approximate surface area is 160 Å². The Morgan fingerprint density at radius 1 is 1.11 bits per heavy atom. The van der Waals surface area contributed by atoms with Crippen LogP contribution in [0.15, 0.2) is 23.1 Å². The molecule has 2 heterocycles. The van der Waals surface area contributed by atoms with E-state index < -0.39 is 10.0 Å². The third-order valence-corrected chi connectivity index (χ3v) is 8.84. The van der Waals surface area contributed by atoms with Crippen LogP contribution in [0.4, 0.5) is 0 Å². The highest BCUT2D eigenvalue weighted by Crippen LogP contribution is 2.66. The molecule has 3 fully saturated rings. The van der Waals surface area contributed by atoms with Crippen LogP contribution in [0, 0.1) is 11.3 Å². The number of morpholine rings is 1. The molecule has 1 aromatic rings. The molecule has 5 rings (SSSR count). The highest BCUT2D eigenvalue weighted by atomic mass is 32.2. The van der Waals surface area contributed by atoms with Gasteiger partial charge in [0.05, 0.1) is 18.1 Å². The van der Waals surface area contributed by atoms with Crippen molar-refractivity contribution in [2.45, 2.75) is 43.5 Å². The minimum Gasteiger partial charge on any atom is -0.379 e. The lowest BCUT2D eigenvalue weighted by Crippen LogP contribution is -2.41. The molecule has 1 aromatic carbocycles. The van der Waals surface area contributed by atoms with Gasteiger partial charge in [0.2, 0.25) is 15.9 Å². The van der Waals surface area contributed by atoms with E-state index in [1.807, 2.05) is 17.0 Å². The van der Waals surface area contributed by atoms with Crippen LogP contribution in [0.1, 0.15) is 36.8 Å². The number of sulfonamides is 1. The fourth-order valence-electron chi connectivity index (χ4n) is 4.91. The van der Waals surface area contributed by atoms with E-state index in [9.17, 15) is 13.2 Å². The zero-order chi connectivity index (χ0) is 18.6. The lowest BCUT2D eigenvalue weighted by molar-refractivity contribution is -0.134. The smallest absolute Gasteiger partial charge is 0.243 e. The molecule has 2 aliphatic carbocycles. The number of fused-ring (bicyclic) bond motifs is 1. The van der Waals surface area contributed by atoms with Crippen LogP contribution < -0.4 is 0 Å². The Kier molecular flexibility index (Phi) is 4.11. The molecule has 0 radical (unpaired) electrons. The number of ether oxygens (including phenoxy) is 1. The zero-order valence-electron chi connectivity index (χ0n) is 15.5. The van der Waals surface area contributed by atoms with Gasteiger partial charge < -0.3 is 9.64 Å². The molecule has 6 nitrogen and oxygen atoms in total. The lowest BCUT2D eigenvalue weighted by Gasteiger charge is -2.32. The van der Waals surface area contributed by atoms with Gasteiger partial charge in [-0.3, -0.25) is 4.79 Å². The number of nitrogens with zero attached hydrogens (tertiary/aromatic N) is 2. The quantitative estimate of drug-likeness (QED) is 0.789. The van der Waals surface area contributed by atoms with Gasteiger partial charge in [0.15, 0.2) is 0 Å². The summed E-state index contributed by atoms with van der Waals surface area (Å²) in [5.74, 6) is 0.555. The Morgan fingerprint density at radius 2 is 1.89 bits per heavy atom. The number of rotatable bonds is 3. The molecule has 146 valence electrons. The molecule has 27 heavy (non-hydrogen) atoms. The van der Waals surface area contributed by atoms with Gasteiger partial charge in [-0.1, -0.05) is 12.5 Å². The van der Waals surface area contributed by atoms with Crippen molar-refractivity contribution in [3.05, 3.63) is 29.3 Å². The summed E-state index contributed by atoms with van der Waals surface area (Å²) < 4.78 is 32.5. The Hall–Kier alpha value is -1.44. The first-order valence-electron chi connectivity index (χ1n) is 9.98. The molecule has 0 bridgehead atoms. The average molecular weight is 391 g/mol. The minimum atomic E-state index is -3.47. The first-order chi connectivity index (χ1) is 13.0. The van der Waals surface area contributed by atoms with Gasteiger partial charge in [-0.15, -0.1) is 0 Å². The van der Waals surface area contributed by atoms with Crippen molar-refractivity contribution in [3.8, 4) is 0 Å². The summed E-state index contributed by atoms with van der Waals surface area (Å²) >= 11 is 0. The van der Waals surface area contributed by atoms with Crippen LogP contribution in [0.5, 0.6) is 0 Å². The van der Waals surface area contributed by atoms with Crippen LogP contribution in [0.25, 0.3) is 0 Å². The number of carbonyl (C=O) groups excluding carboxylic acids is 1. The Balaban J connectivity index is 1.31. The summed E-state index contributed by atoms with van der Waals surface area (Å²) in [6.07, 6.45) is 5.51. The second-order valence-corrected chi connectivity index (χ2v) is 10.4. The first-order valence-corrected chi connectivity index (χ1v) is 11.4. The van der Waals surface area contributed by atoms with Crippen molar-refractivity contribution in [3.63, 3.8) is 0 Å². The van der Waals surface area contributed by atoms with Crippen molar-refractivity contribution >= 4 is 15.9 Å². The van der Waals surface area contributed by atoms with Gasteiger partial charge in [-0.05, 0) is 54.4 Å². The molecule has 1 amide bonds. The highest BCUT2D eigenvalue weighted by molar-refractivity contribution is 7.89. The molecule has 0 unspecified atom stereocenters. The monoisotopic (exact) mass is 390 g/mol. The van der Waals surface area contributed by atoms with Crippen LogP contribution in [0.2, 0.25) is 0 Å². The van der Waals surface area contributed by atoms with E-state index in [1.54, 1.807) is 6.07 Å². The van der Waals surface area contributed by atoms with Gasteiger partial charge in [0, 0.05) is 32.1 Å². The van der Waals surface area contributed by atoms with E-state index >= 15 is 0 Å². The summed E-state index contributed by atoms with van der Waals surface area (Å²) in [6.45, 7) is 3.02. The molecular weight excluding hydrogens is 364 g/mol. The molecule has 0 N–H and O–H groups in total. The fourth-order valence-corrected chi connectivity index (χ4v) is 6.37. The van der Waals surface area contributed by atoms with Crippen molar-refractivity contribution in [1.29, 1.82) is 0 Å². The van der Waals surface area contributed by atoms with Crippen LogP contribution >= 0.6 is 0 Å². The van der Waals surface area contributed by atoms with Crippen molar-refractivity contribution in [1.82, 2.24) is 9.21 Å². The second-order valence-electron chi connectivity index (χ2n) is 8.43. The van der Waals surface area contributed by atoms with Gasteiger partial charge in [0.1, 0.15) is 0 Å². The Bertz CT molecular complexity index is 872. The van der Waals surface area contributed by atoms with E-state index in [0.29, 0.717) is 55.6 Å². The van der Waals surface area contributed by atoms with Crippen LogP contribution in [-0.4, -0.2) is 56.4 Å². The van der Waals surface area contributed by atoms with E-state index in [-0.39, 0.29) is 5.92 Å². The summed E-state index contributed by atoms with van der Waals surface area (Å²) in [5, 5.41) is 0. The van der Waals surface area contributed by atoms with Crippen molar-refractivity contribution in [2.24, 2.45) is 11.3 Å². The maximum absolute atomic E-state index is 12.9. The Morgan fingerprint density at radius 3 is 2.56 bits per heavy atom. The molecule has 1 saturated heterocycles. The third kappa shape index (κ3) is 2.91. The lowest BCUT2D eigenvalue weighted by atomic mass is 9.79.